The number of hydrogen-bond donors (Lipinski definition) is 2. The zero-order valence-corrected chi connectivity index (χ0v) is 17.8. The molecular weight excluding hydrogens is 402 g/mol. The number of anilines is 2. The summed E-state index contributed by atoms with van der Waals surface area (Å²) < 4.78 is 5.26. The van der Waals surface area contributed by atoms with Crippen molar-refractivity contribution in [3.8, 4) is 0 Å². The molecule has 0 saturated heterocycles. The summed E-state index contributed by atoms with van der Waals surface area (Å²) in [6.07, 6.45) is 0.453. The van der Waals surface area contributed by atoms with Gasteiger partial charge in [-0.2, -0.15) is 0 Å². The minimum absolute atomic E-state index is 0.141. The number of halogens is 1. The Labute approximate surface area is 172 Å². The van der Waals surface area contributed by atoms with Crippen LogP contribution in [0.1, 0.15) is 42.9 Å². The molecule has 0 saturated carbocycles. The Morgan fingerprint density at radius 3 is 2.54 bits per heavy atom. The van der Waals surface area contributed by atoms with Crippen LogP contribution in [-0.2, 0) is 14.3 Å². The first-order chi connectivity index (χ1) is 13.0. The molecule has 9 heteroatoms. The van der Waals surface area contributed by atoms with Gasteiger partial charge in [-0.05, 0) is 37.6 Å². The lowest BCUT2D eigenvalue weighted by Crippen LogP contribution is -2.30. The maximum absolute atomic E-state index is 12.5. The molecule has 0 fully saturated rings. The van der Waals surface area contributed by atoms with Crippen LogP contribution in [-0.4, -0.2) is 28.9 Å². The van der Waals surface area contributed by atoms with E-state index >= 15 is 0 Å². The molecule has 150 valence electrons. The lowest BCUT2D eigenvalue weighted by Gasteiger charge is -2.16. The minimum Gasteiger partial charge on any atom is -0.448 e. The Morgan fingerprint density at radius 2 is 1.93 bits per heavy atom. The number of carbonyl (C=O) groups excluding carboxylic acids is 3. The quantitative estimate of drug-likeness (QED) is 0.552. The third kappa shape index (κ3) is 5.53. The normalized spacial score (nSPS) is 12.2. The van der Waals surface area contributed by atoms with E-state index in [-0.39, 0.29) is 11.1 Å². The topological polar surface area (TPSA) is 97.4 Å². The highest BCUT2D eigenvalue weighted by molar-refractivity contribution is 7.18. The highest BCUT2D eigenvalue weighted by atomic mass is 35.5. The smallest absolute Gasteiger partial charge is 0.349 e. The number of aromatic nitrogens is 1. The fraction of sp³-hybridized carbons (Fsp3) is 0.368. The lowest BCUT2D eigenvalue weighted by molar-refractivity contribution is -0.124. The van der Waals surface area contributed by atoms with Crippen LogP contribution in [0, 0.1) is 12.3 Å². The molecule has 2 aromatic heterocycles. The Balaban J connectivity index is 2.03. The van der Waals surface area contributed by atoms with Gasteiger partial charge in [0.15, 0.2) is 11.3 Å². The Morgan fingerprint density at radius 1 is 1.25 bits per heavy atom. The zero-order valence-electron chi connectivity index (χ0n) is 16.3. The van der Waals surface area contributed by atoms with Crippen LogP contribution in [0.4, 0.5) is 10.7 Å². The Kier molecular flexibility index (Phi) is 6.79. The molecule has 0 aliphatic rings. The summed E-state index contributed by atoms with van der Waals surface area (Å²) in [6, 6.07) is 4.92. The molecule has 0 aliphatic heterocycles. The van der Waals surface area contributed by atoms with Gasteiger partial charge in [0.05, 0.1) is 10.7 Å². The van der Waals surface area contributed by atoms with Gasteiger partial charge in [0.25, 0.3) is 5.91 Å². The van der Waals surface area contributed by atoms with Gasteiger partial charge in [-0.3, -0.25) is 9.59 Å². The van der Waals surface area contributed by atoms with E-state index in [9.17, 15) is 14.4 Å². The first-order valence-corrected chi connectivity index (χ1v) is 9.72. The summed E-state index contributed by atoms with van der Waals surface area (Å²) in [6.45, 7) is 8.59. The van der Waals surface area contributed by atoms with E-state index in [1.54, 1.807) is 45.9 Å². The minimum atomic E-state index is -1.04. The maximum atomic E-state index is 12.5. The second-order valence-electron chi connectivity index (χ2n) is 7.21. The van der Waals surface area contributed by atoms with E-state index in [1.807, 2.05) is 0 Å². The van der Waals surface area contributed by atoms with Crippen molar-refractivity contribution in [2.75, 3.05) is 10.6 Å². The number of thiophene rings is 1. The number of nitrogens with zero attached hydrogens (tertiary/aromatic N) is 1. The van der Waals surface area contributed by atoms with Crippen molar-refractivity contribution in [1.29, 1.82) is 0 Å². The van der Waals surface area contributed by atoms with Crippen molar-refractivity contribution in [3.05, 3.63) is 40.0 Å². The fourth-order valence-corrected chi connectivity index (χ4v) is 3.14. The van der Waals surface area contributed by atoms with Crippen LogP contribution in [0.25, 0.3) is 0 Å². The number of hydrogen-bond acceptors (Lipinski definition) is 6. The van der Waals surface area contributed by atoms with Crippen LogP contribution in [0.3, 0.4) is 0 Å². The van der Waals surface area contributed by atoms with E-state index < -0.39 is 23.4 Å². The molecule has 2 N–H and O–H groups in total. The first kappa shape index (κ1) is 21.8. The van der Waals surface area contributed by atoms with Crippen molar-refractivity contribution in [1.82, 2.24) is 4.98 Å². The number of amides is 2. The van der Waals surface area contributed by atoms with Gasteiger partial charge in [0.1, 0.15) is 4.88 Å². The maximum Gasteiger partial charge on any atom is 0.349 e. The van der Waals surface area contributed by atoms with Crippen molar-refractivity contribution in [2.45, 2.75) is 40.7 Å². The average molecular weight is 424 g/mol. The predicted molar refractivity (Wildman–Crippen MR) is 110 cm³/mol. The number of esters is 1. The number of aryl methyl sites for hydroxylation is 1. The van der Waals surface area contributed by atoms with E-state index in [2.05, 4.69) is 15.6 Å². The van der Waals surface area contributed by atoms with Crippen LogP contribution < -0.4 is 10.6 Å². The van der Waals surface area contributed by atoms with Crippen molar-refractivity contribution in [2.24, 2.45) is 5.41 Å². The van der Waals surface area contributed by atoms with Gasteiger partial charge >= 0.3 is 5.97 Å². The standard InChI is InChI=1S/C19H22ClN3O4S/c1-10-9-13(23-18(26)19(3,4)5)28-14(10)17(25)27-11(2)16(24)22-12-7-6-8-21-15(12)20/h6-9,11H,1-5H3,(H,22,24)(H,23,26). The Hall–Kier alpha value is -2.45. The second kappa shape index (κ2) is 8.70. The highest BCUT2D eigenvalue weighted by Gasteiger charge is 2.25. The molecule has 1 atom stereocenters. The van der Waals surface area contributed by atoms with Crippen molar-refractivity contribution in [3.63, 3.8) is 0 Å². The molecule has 28 heavy (non-hydrogen) atoms. The lowest BCUT2D eigenvalue weighted by atomic mass is 9.96. The molecule has 0 spiro atoms. The fourth-order valence-electron chi connectivity index (χ4n) is 2.03. The van der Waals surface area contributed by atoms with E-state index in [4.69, 9.17) is 16.3 Å². The average Bonchev–Trinajstić information content (AvgIpc) is 2.96. The number of nitrogens with one attached hydrogen (secondary N) is 2. The number of ether oxygens (including phenoxy) is 1. The van der Waals surface area contributed by atoms with Crippen LogP contribution in [0.2, 0.25) is 5.15 Å². The molecule has 0 radical (unpaired) electrons. The monoisotopic (exact) mass is 423 g/mol. The highest BCUT2D eigenvalue weighted by Crippen LogP contribution is 2.29. The zero-order chi connectivity index (χ0) is 21.1. The molecule has 2 rings (SSSR count). The van der Waals surface area contributed by atoms with Gasteiger partial charge in [0.2, 0.25) is 5.91 Å². The molecular formula is C19H22ClN3O4S. The van der Waals surface area contributed by atoms with E-state index in [1.165, 1.54) is 13.1 Å². The van der Waals surface area contributed by atoms with E-state index in [0.29, 0.717) is 21.1 Å². The van der Waals surface area contributed by atoms with Gasteiger partial charge < -0.3 is 15.4 Å². The summed E-state index contributed by atoms with van der Waals surface area (Å²) in [4.78, 5) is 41.0. The summed E-state index contributed by atoms with van der Waals surface area (Å²) in [5.74, 6) is -1.33. The summed E-state index contributed by atoms with van der Waals surface area (Å²) in [7, 11) is 0. The second-order valence-corrected chi connectivity index (χ2v) is 8.62. The van der Waals surface area contributed by atoms with Gasteiger partial charge in [-0.1, -0.05) is 32.4 Å². The van der Waals surface area contributed by atoms with Gasteiger partial charge in [-0.25, -0.2) is 9.78 Å². The molecule has 7 nitrogen and oxygen atoms in total. The van der Waals surface area contributed by atoms with Crippen molar-refractivity contribution >= 4 is 51.4 Å². The number of pyridine rings is 1. The molecule has 0 aromatic carbocycles. The summed E-state index contributed by atoms with van der Waals surface area (Å²) >= 11 is 7.01. The predicted octanol–water partition coefficient (Wildman–Crippen LogP) is 4.27. The van der Waals surface area contributed by atoms with Gasteiger partial charge in [0, 0.05) is 11.6 Å². The SMILES string of the molecule is Cc1cc(NC(=O)C(C)(C)C)sc1C(=O)OC(C)C(=O)Nc1cccnc1Cl. The molecule has 2 heterocycles. The van der Waals surface area contributed by atoms with Crippen molar-refractivity contribution < 1.29 is 19.1 Å². The largest absolute Gasteiger partial charge is 0.448 e. The van der Waals surface area contributed by atoms with Gasteiger partial charge in [-0.15, -0.1) is 11.3 Å². The Bertz CT molecular complexity index is 905. The van der Waals surface area contributed by atoms with E-state index in [0.717, 1.165) is 11.3 Å². The molecule has 2 aromatic rings. The third-order valence-corrected chi connectivity index (χ3v) is 5.12. The van der Waals surface area contributed by atoms with Crippen LogP contribution >= 0.6 is 22.9 Å². The molecule has 0 aliphatic carbocycles. The third-order valence-electron chi connectivity index (χ3n) is 3.69. The summed E-state index contributed by atoms with van der Waals surface area (Å²) in [5.41, 5.74) is 0.428. The summed E-state index contributed by atoms with van der Waals surface area (Å²) in [5, 5.41) is 6.04. The number of rotatable bonds is 5. The first-order valence-electron chi connectivity index (χ1n) is 8.53. The van der Waals surface area contributed by atoms with Crippen LogP contribution in [0.5, 0.6) is 0 Å². The number of carbonyl (C=O) groups is 3. The molecule has 0 bridgehead atoms. The molecule has 2 amide bonds. The van der Waals surface area contributed by atoms with Crippen LogP contribution in [0.15, 0.2) is 24.4 Å². The molecule has 1 unspecified atom stereocenters.